The molecule has 0 radical (unpaired) electrons. The molecule has 2 nitrogen and oxygen atoms in total. The molecule has 1 heterocycles. The van der Waals surface area contributed by atoms with E-state index in [1.807, 2.05) is 0 Å². The lowest BCUT2D eigenvalue weighted by Crippen LogP contribution is -2.38. The van der Waals surface area contributed by atoms with E-state index in [4.69, 9.17) is 0 Å². The maximum absolute atomic E-state index is 2.69. The van der Waals surface area contributed by atoms with Crippen LogP contribution in [0.2, 0.25) is 0 Å². The van der Waals surface area contributed by atoms with Crippen LogP contribution in [-0.2, 0) is 0 Å². The van der Waals surface area contributed by atoms with Crippen LogP contribution in [-0.4, -0.2) is 49.6 Å². The van der Waals surface area contributed by atoms with Gasteiger partial charge in [0.2, 0.25) is 0 Å². The molecule has 0 saturated carbocycles. The molecule has 0 aromatic carbocycles. The molecule has 1 aliphatic rings. The van der Waals surface area contributed by atoms with Gasteiger partial charge in [0.05, 0.1) is 0 Å². The molecule has 1 fully saturated rings. The van der Waals surface area contributed by atoms with Gasteiger partial charge in [0.1, 0.15) is 0 Å². The summed E-state index contributed by atoms with van der Waals surface area (Å²) in [5.74, 6) is 0.952. The lowest BCUT2D eigenvalue weighted by atomic mass is 9.96. The van der Waals surface area contributed by atoms with E-state index >= 15 is 0 Å². The Bertz CT molecular complexity index is 186. The first-order valence-corrected chi connectivity index (χ1v) is 8.17. The third kappa shape index (κ3) is 6.75. The fraction of sp³-hybridized carbons (Fsp3) is 1.00. The summed E-state index contributed by atoms with van der Waals surface area (Å²) in [4.78, 5) is 5.20. The number of unbranched alkanes of at least 4 members (excludes halogenated alkanes) is 3. The standard InChI is InChI=1S/C16H34N2/c1-4-6-7-8-12-18-13-9-16(10-14-18)15-17(3)11-5-2/h16H,4-15H2,1-3H3. The van der Waals surface area contributed by atoms with E-state index in [-0.39, 0.29) is 0 Å². The number of rotatable bonds is 9. The molecule has 0 unspecified atom stereocenters. The van der Waals surface area contributed by atoms with E-state index in [1.54, 1.807) is 0 Å². The van der Waals surface area contributed by atoms with Gasteiger partial charge in [-0.3, -0.25) is 0 Å². The first kappa shape index (κ1) is 16.0. The minimum atomic E-state index is 0.952. The lowest BCUT2D eigenvalue weighted by molar-refractivity contribution is 0.152. The predicted molar refractivity (Wildman–Crippen MR) is 81.1 cm³/mol. The van der Waals surface area contributed by atoms with Crippen molar-refractivity contribution in [3.8, 4) is 0 Å². The first-order chi connectivity index (χ1) is 8.76. The number of hydrogen-bond acceptors (Lipinski definition) is 2. The molecular formula is C16H34N2. The molecule has 0 aliphatic carbocycles. The predicted octanol–water partition coefficient (Wildman–Crippen LogP) is 3.62. The summed E-state index contributed by atoms with van der Waals surface area (Å²) in [5, 5.41) is 0. The van der Waals surface area contributed by atoms with Gasteiger partial charge in [0.15, 0.2) is 0 Å². The molecule has 0 aromatic heterocycles. The largest absolute Gasteiger partial charge is 0.306 e. The molecule has 108 valence electrons. The van der Waals surface area contributed by atoms with Gasteiger partial charge in [-0.1, -0.05) is 33.1 Å². The van der Waals surface area contributed by atoms with Crippen molar-refractivity contribution in [1.82, 2.24) is 9.80 Å². The van der Waals surface area contributed by atoms with Crippen molar-refractivity contribution >= 4 is 0 Å². The normalized spacial score (nSPS) is 18.7. The summed E-state index contributed by atoms with van der Waals surface area (Å²) in [5.41, 5.74) is 0. The van der Waals surface area contributed by atoms with E-state index in [2.05, 4.69) is 30.7 Å². The molecule has 0 aromatic rings. The van der Waals surface area contributed by atoms with Crippen molar-refractivity contribution in [2.45, 2.75) is 58.8 Å². The smallest absolute Gasteiger partial charge is 0.000756 e. The fourth-order valence-corrected chi connectivity index (χ4v) is 3.07. The minimum absolute atomic E-state index is 0.952. The summed E-state index contributed by atoms with van der Waals surface area (Å²) >= 11 is 0. The van der Waals surface area contributed by atoms with Crippen molar-refractivity contribution < 1.29 is 0 Å². The Hall–Kier alpha value is -0.0800. The zero-order chi connectivity index (χ0) is 13.2. The van der Waals surface area contributed by atoms with Crippen molar-refractivity contribution in [2.75, 3.05) is 39.8 Å². The number of nitrogens with zero attached hydrogens (tertiary/aromatic N) is 2. The number of hydrogen-bond donors (Lipinski definition) is 0. The van der Waals surface area contributed by atoms with Crippen LogP contribution >= 0.6 is 0 Å². The van der Waals surface area contributed by atoms with Gasteiger partial charge >= 0.3 is 0 Å². The maximum Gasteiger partial charge on any atom is 0.000756 e. The number of piperidine rings is 1. The van der Waals surface area contributed by atoms with E-state index in [0.29, 0.717) is 0 Å². The highest BCUT2D eigenvalue weighted by molar-refractivity contribution is 4.74. The maximum atomic E-state index is 2.69. The minimum Gasteiger partial charge on any atom is -0.306 e. The molecule has 0 bridgehead atoms. The highest BCUT2D eigenvalue weighted by Gasteiger charge is 2.19. The van der Waals surface area contributed by atoms with E-state index in [0.717, 1.165) is 5.92 Å². The highest BCUT2D eigenvalue weighted by atomic mass is 15.1. The average Bonchev–Trinajstić information content (AvgIpc) is 2.37. The Morgan fingerprint density at radius 3 is 2.33 bits per heavy atom. The van der Waals surface area contributed by atoms with E-state index in [9.17, 15) is 0 Å². The summed E-state index contributed by atoms with van der Waals surface area (Å²) in [6.07, 6.45) is 9.73. The Balaban J connectivity index is 2.05. The van der Waals surface area contributed by atoms with Crippen LogP contribution < -0.4 is 0 Å². The van der Waals surface area contributed by atoms with Gasteiger partial charge in [-0.15, -0.1) is 0 Å². The van der Waals surface area contributed by atoms with Gasteiger partial charge in [-0.2, -0.15) is 0 Å². The van der Waals surface area contributed by atoms with Crippen LogP contribution in [0.3, 0.4) is 0 Å². The van der Waals surface area contributed by atoms with Crippen LogP contribution in [0.15, 0.2) is 0 Å². The van der Waals surface area contributed by atoms with Crippen molar-refractivity contribution in [3.63, 3.8) is 0 Å². The molecule has 0 amide bonds. The monoisotopic (exact) mass is 254 g/mol. The van der Waals surface area contributed by atoms with Crippen LogP contribution in [0.1, 0.15) is 58.8 Å². The average molecular weight is 254 g/mol. The summed E-state index contributed by atoms with van der Waals surface area (Å²) < 4.78 is 0. The Morgan fingerprint density at radius 2 is 1.72 bits per heavy atom. The SMILES string of the molecule is CCCCCCN1CCC(CN(C)CCC)CC1. The molecule has 0 N–H and O–H groups in total. The van der Waals surface area contributed by atoms with Crippen molar-refractivity contribution in [2.24, 2.45) is 5.92 Å². The second-order valence-corrected chi connectivity index (χ2v) is 6.11. The van der Waals surface area contributed by atoms with E-state index < -0.39 is 0 Å². The van der Waals surface area contributed by atoms with Gasteiger partial charge in [0.25, 0.3) is 0 Å². The Labute approximate surface area is 115 Å². The van der Waals surface area contributed by atoms with Crippen LogP contribution in [0.5, 0.6) is 0 Å². The summed E-state index contributed by atoms with van der Waals surface area (Å²) in [7, 11) is 2.28. The van der Waals surface area contributed by atoms with Crippen molar-refractivity contribution in [1.29, 1.82) is 0 Å². The van der Waals surface area contributed by atoms with Crippen LogP contribution in [0.4, 0.5) is 0 Å². The molecule has 0 spiro atoms. The van der Waals surface area contributed by atoms with Crippen molar-refractivity contribution in [3.05, 3.63) is 0 Å². The van der Waals surface area contributed by atoms with E-state index in [1.165, 1.54) is 77.7 Å². The zero-order valence-electron chi connectivity index (χ0n) is 13.0. The quantitative estimate of drug-likeness (QED) is 0.580. The summed E-state index contributed by atoms with van der Waals surface area (Å²) in [6.45, 7) is 11.2. The van der Waals surface area contributed by atoms with Gasteiger partial charge < -0.3 is 9.80 Å². The second kappa shape index (κ2) is 9.80. The van der Waals surface area contributed by atoms with Crippen LogP contribution in [0.25, 0.3) is 0 Å². The second-order valence-electron chi connectivity index (χ2n) is 6.11. The zero-order valence-corrected chi connectivity index (χ0v) is 13.0. The van der Waals surface area contributed by atoms with Gasteiger partial charge in [-0.25, -0.2) is 0 Å². The third-order valence-electron chi connectivity index (χ3n) is 4.21. The lowest BCUT2D eigenvalue weighted by Gasteiger charge is -2.33. The molecule has 1 rings (SSSR count). The van der Waals surface area contributed by atoms with Gasteiger partial charge in [0, 0.05) is 6.54 Å². The van der Waals surface area contributed by atoms with Gasteiger partial charge in [-0.05, 0) is 64.8 Å². The topological polar surface area (TPSA) is 6.48 Å². The molecule has 0 atom stereocenters. The Morgan fingerprint density at radius 1 is 1.00 bits per heavy atom. The molecule has 1 saturated heterocycles. The molecule has 18 heavy (non-hydrogen) atoms. The third-order valence-corrected chi connectivity index (χ3v) is 4.21. The number of likely N-dealkylation sites (tertiary alicyclic amines) is 1. The molecule has 1 aliphatic heterocycles. The summed E-state index contributed by atoms with van der Waals surface area (Å²) in [6, 6.07) is 0. The Kier molecular flexibility index (Phi) is 8.70. The molecule has 2 heteroatoms. The highest BCUT2D eigenvalue weighted by Crippen LogP contribution is 2.18. The molecular weight excluding hydrogens is 220 g/mol. The van der Waals surface area contributed by atoms with Crippen LogP contribution in [0, 0.1) is 5.92 Å². The fourth-order valence-electron chi connectivity index (χ4n) is 3.07. The first-order valence-electron chi connectivity index (χ1n) is 8.17.